The van der Waals surface area contributed by atoms with E-state index in [-0.39, 0.29) is 42.2 Å². The van der Waals surface area contributed by atoms with Crippen molar-refractivity contribution < 1.29 is 28.0 Å². The quantitative estimate of drug-likeness (QED) is 0.597. The Morgan fingerprint density at radius 1 is 1.17 bits per heavy atom. The summed E-state index contributed by atoms with van der Waals surface area (Å²) in [7, 11) is 0. The van der Waals surface area contributed by atoms with Crippen molar-refractivity contribution in [1.82, 2.24) is 15.1 Å². The van der Waals surface area contributed by atoms with Crippen LogP contribution >= 0.6 is 0 Å². The molecule has 3 aliphatic rings. The van der Waals surface area contributed by atoms with Crippen molar-refractivity contribution >= 4 is 24.1 Å². The van der Waals surface area contributed by atoms with Gasteiger partial charge in [-0.1, -0.05) is 31.5 Å². The van der Waals surface area contributed by atoms with Crippen molar-refractivity contribution in [3.05, 3.63) is 70.5 Å². The predicted molar refractivity (Wildman–Crippen MR) is 126 cm³/mol. The van der Waals surface area contributed by atoms with Gasteiger partial charge in [-0.15, -0.1) is 0 Å². The second kappa shape index (κ2) is 8.80. The molecule has 1 unspecified atom stereocenters. The number of rotatable bonds is 7. The molecule has 9 heteroatoms. The Morgan fingerprint density at radius 2 is 1.89 bits per heavy atom. The summed E-state index contributed by atoms with van der Waals surface area (Å²) in [6, 6.07) is 9.98. The van der Waals surface area contributed by atoms with Crippen molar-refractivity contribution in [1.29, 1.82) is 0 Å². The van der Waals surface area contributed by atoms with Crippen LogP contribution in [0.3, 0.4) is 0 Å². The van der Waals surface area contributed by atoms with E-state index in [1.807, 2.05) is 6.92 Å². The molecule has 1 atom stereocenters. The molecule has 7 nitrogen and oxygen atoms in total. The van der Waals surface area contributed by atoms with Gasteiger partial charge in [0.25, 0.3) is 11.8 Å². The number of imide groups is 1. The maximum Gasteiger partial charge on any atom is 0.255 e. The minimum Gasteiger partial charge on any atom is -0.337 e. The molecule has 2 aliphatic heterocycles. The van der Waals surface area contributed by atoms with E-state index in [2.05, 4.69) is 5.32 Å². The van der Waals surface area contributed by atoms with Crippen LogP contribution < -0.4 is 5.32 Å². The van der Waals surface area contributed by atoms with E-state index < -0.39 is 23.4 Å². The van der Waals surface area contributed by atoms with Gasteiger partial charge in [-0.2, -0.15) is 0 Å². The van der Waals surface area contributed by atoms with E-state index in [0.29, 0.717) is 49.0 Å². The van der Waals surface area contributed by atoms with E-state index in [9.17, 15) is 23.6 Å². The summed E-state index contributed by atoms with van der Waals surface area (Å²) in [5.74, 6) is -1.60. The number of carbonyl (C=O) groups is 4. The number of hydrogen-bond acceptors (Lipinski definition) is 4. The first kappa shape index (κ1) is 24.1. The molecule has 188 valence electrons. The fraction of sp³-hybridized carbons (Fsp3) is 0.407. The minimum atomic E-state index is -1.71. The molecule has 2 aromatic carbocycles. The Balaban J connectivity index is 1.24. The third kappa shape index (κ3) is 3.86. The zero-order valence-corrected chi connectivity index (χ0v) is 19.9. The average molecular weight is 496 g/mol. The monoisotopic (exact) mass is 495 g/mol. The summed E-state index contributed by atoms with van der Waals surface area (Å²) in [5.41, 5.74) is -0.470. The van der Waals surface area contributed by atoms with E-state index in [0.717, 1.165) is 0 Å². The highest BCUT2D eigenvalue weighted by atomic mass is 19.1. The lowest BCUT2D eigenvalue weighted by Crippen LogP contribution is -2.67. The topological polar surface area (TPSA) is 86.8 Å². The van der Waals surface area contributed by atoms with Gasteiger partial charge in [-0.3, -0.25) is 24.5 Å². The Kier molecular flexibility index (Phi) is 5.89. The summed E-state index contributed by atoms with van der Waals surface area (Å²) < 4.78 is 29.4. The Bertz CT molecular complexity index is 1250. The molecule has 1 saturated heterocycles. The van der Waals surface area contributed by atoms with Gasteiger partial charge in [0.05, 0.1) is 0 Å². The molecule has 0 bridgehead atoms. The van der Waals surface area contributed by atoms with Crippen LogP contribution in [0, 0.1) is 11.2 Å². The van der Waals surface area contributed by atoms with Crippen molar-refractivity contribution in [2.75, 3.05) is 13.1 Å². The Labute approximate surface area is 207 Å². The first-order valence-electron chi connectivity index (χ1n) is 12.1. The summed E-state index contributed by atoms with van der Waals surface area (Å²) in [6.07, 6.45) is 1.72. The van der Waals surface area contributed by atoms with Crippen molar-refractivity contribution in [2.24, 2.45) is 5.41 Å². The Hall–Kier alpha value is -3.62. The Morgan fingerprint density at radius 3 is 2.56 bits per heavy atom. The van der Waals surface area contributed by atoms with E-state index in [1.165, 1.54) is 23.1 Å². The highest BCUT2D eigenvalue weighted by Gasteiger charge is 2.62. The number of amides is 4. The zero-order chi connectivity index (χ0) is 25.7. The summed E-state index contributed by atoms with van der Waals surface area (Å²) in [5, 5.41) is 2.13. The normalized spacial score (nSPS) is 19.8. The second-order valence-corrected chi connectivity index (χ2v) is 10.2. The van der Waals surface area contributed by atoms with Gasteiger partial charge in [-0.05, 0) is 49.1 Å². The average Bonchev–Trinajstić information content (AvgIpc) is 3.14. The number of halogens is 2. The third-order valence-electron chi connectivity index (χ3n) is 7.63. The van der Waals surface area contributed by atoms with Crippen molar-refractivity contribution in [3.63, 3.8) is 0 Å². The fourth-order valence-corrected chi connectivity index (χ4v) is 6.05. The molecule has 4 amide bonds. The van der Waals surface area contributed by atoms with Crippen molar-refractivity contribution in [3.8, 4) is 0 Å². The summed E-state index contributed by atoms with van der Waals surface area (Å²) in [4.78, 5) is 52.2. The summed E-state index contributed by atoms with van der Waals surface area (Å²) >= 11 is 0. The third-order valence-corrected chi connectivity index (χ3v) is 7.63. The fourth-order valence-electron chi connectivity index (χ4n) is 6.05. The van der Waals surface area contributed by atoms with Crippen LogP contribution in [0.5, 0.6) is 0 Å². The maximum atomic E-state index is 15.3. The molecule has 5 rings (SSSR count). The first-order chi connectivity index (χ1) is 17.2. The van der Waals surface area contributed by atoms with Crippen molar-refractivity contribution in [2.45, 2.75) is 50.9 Å². The lowest BCUT2D eigenvalue weighted by Gasteiger charge is -2.61. The molecule has 0 aromatic heterocycles. The van der Waals surface area contributed by atoms with Crippen LogP contribution in [0.25, 0.3) is 0 Å². The maximum absolute atomic E-state index is 15.3. The van der Waals surface area contributed by atoms with Crippen LogP contribution in [-0.2, 0) is 21.8 Å². The standard InChI is InChI=1S/C27H27F2N3O4/c1-2-5-22(23(34)30-16-33)32-11-18-10-17(8-9-19(18)25(32)36)24(35)31-14-26(15-31)12-27(29,13-26)20-6-3-4-7-21(20)28/h3-4,6-10,16,22H,2,5,11-15H2,1H3,(H,30,33,34). The number of fused-ring (bicyclic) bond motifs is 1. The number of hydrogen-bond donors (Lipinski definition) is 1. The number of carbonyl (C=O) groups excluding carboxylic acids is 4. The number of likely N-dealkylation sites (tertiary alicyclic amines) is 1. The molecule has 2 fully saturated rings. The predicted octanol–water partition coefficient (Wildman–Crippen LogP) is 3.32. The number of benzene rings is 2. The molecular formula is C27H27F2N3O4. The molecule has 36 heavy (non-hydrogen) atoms. The molecule has 1 saturated carbocycles. The van der Waals surface area contributed by atoms with Gasteiger partial charge < -0.3 is 9.80 Å². The molecule has 2 aromatic rings. The molecule has 0 radical (unpaired) electrons. The van der Waals surface area contributed by atoms with E-state index in [4.69, 9.17) is 0 Å². The van der Waals surface area contributed by atoms with E-state index >= 15 is 4.39 Å². The number of nitrogens with zero attached hydrogens (tertiary/aromatic N) is 2. The molecule has 1 aliphatic carbocycles. The van der Waals surface area contributed by atoms with Crippen LogP contribution in [0.1, 0.15) is 64.4 Å². The van der Waals surface area contributed by atoms with Crippen LogP contribution in [0.2, 0.25) is 0 Å². The highest BCUT2D eigenvalue weighted by Crippen LogP contribution is 2.61. The minimum absolute atomic E-state index is 0.0800. The van der Waals surface area contributed by atoms with Gasteiger partial charge in [0.2, 0.25) is 12.3 Å². The second-order valence-electron chi connectivity index (χ2n) is 10.2. The van der Waals surface area contributed by atoms with Gasteiger partial charge in [0.15, 0.2) is 0 Å². The van der Waals surface area contributed by atoms with Crippen LogP contribution in [-0.4, -0.2) is 53.1 Å². The largest absolute Gasteiger partial charge is 0.337 e. The number of alkyl halides is 1. The smallest absolute Gasteiger partial charge is 0.255 e. The molecule has 1 N–H and O–H groups in total. The van der Waals surface area contributed by atoms with E-state index in [1.54, 1.807) is 29.2 Å². The molecule has 2 heterocycles. The van der Waals surface area contributed by atoms with Crippen LogP contribution in [0.15, 0.2) is 42.5 Å². The van der Waals surface area contributed by atoms with Gasteiger partial charge >= 0.3 is 0 Å². The van der Waals surface area contributed by atoms with Gasteiger partial charge in [0.1, 0.15) is 17.5 Å². The van der Waals surface area contributed by atoms with Gasteiger partial charge in [-0.25, -0.2) is 8.78 Å². The molecular weight excluding hydrogens is 468 g/mol. The lowest BCUT2D eigenvalue weighted by molar-refractivity contribution is -0.146. The molecule has 1 spiro atoms. The van der Waals surface area contributed by atoms with Gasteiger partial charge in [0, 0.05) is 41.7 Å². The van der Waals surface area contributed by atoms with Crippen LogP contribution in [0.4, 0.5) is 8.78 Å². The zero-order valence-electron chi connectivity index (χ0n) is 19.9. The number of nitrogens with one attached hydrogen (secondary N) is 1. The lowest BCUT2D eigenvalue weighted by atomic mass is 9.54. The summed E-state index contributed by atoms with van der Waals surface area (Å²) in [6.45, 7) is 2.86. The first-order valence-corrected chi connectivity index (χ1v) is 12.1. The highest BCUT2D eigenvalue weighted by molar-refractivity contribution is 6.03. The SMILES string of the molecule is CCCC(C(=O)NC=O)N1Cc2cc(C(=O)N3CC4(C3)CC(F)(c3ccccc3F)C4)ccc2C1=O.